The minimum Gasteiger partial charge on any atom is -0.343 e. The van der Waals surface area contributed by atoms with E-state index in [9.17, 15) is 9.59 Å². The second kappa shape index (κ2) is 8.92. The van der Waals surface area contributed by atoms with Gasteiger partial charge in [0.15, 0.2) is 0 Å². The van der Waals surface area contributed by atoms with E-state index in [0.717, 1.165) is 51.9 Å². The lowest BCUT2D eigenvalue weighted by molar-refractivity contribution is -0.136. The van der Waals surface area contributed by atoms with Crippen LogP contribution in [0.4, 0.5) is 0 Å². The summed E-state index contributed by atoms with van der Waals surface area (Å²) in [6.07, 6.45) is 5.04. The van der Waals surface area contributed by atoms with Crippen molar-refractivity contribution in [2.24, 2.45) is 17.8 Å². The summed E-state index contributed by atoms with van der Waals surface area (Å²) in [6, 6.07) is 0. The number of thiol groups is 1. The van der Waals surface area contributed by atoms with Gasteiger partial charge in [0.2, 0.25) is 11.8 Å². The van der Waals surface area contributed by atoms with Gasteiger partial charge in [-0.25, -0.2) is 0 Å². The second-order valence-electron chi connectivity index (χ2n) is 7.31. The van der Waals surface area contributed by atoms with E-state index in [4.69, 9.17) is 0 Å². The van der Waals surface area contributed by atoms with Gasteiger partial charge in [0.1, 0.15) is 6.61 Å². The molecule has 23 heavy (non-hydrogen) atoms. The van der Waals surface area contributed by atoms with Crippen LogP contribution in [-0.4, -0.2) is 54.4 Å². The van der Waals surface area contributed by atoms with Crippen molar-refractivity contribution < 1.29 is 13.8 Å². The number of rotatable bonds is 5. The van der Waals surface area contributed by atoms with E-state index in [2.05, 4.69) is 30.9 Å². The number of hydrogen-bond acceptors (Lipinski definition) is 4. The fourth-order valence-corrected chi connectivity index (χ4v) is 3.98. The predicted octanol–water partition coefficient (Wildman–Crippen LogP) is 2.37. The predicted molar refractivity (Wildman–Crippen MR) is 93.0 cm³/mol. The van der Waals surface area contributed by atoms with Gasteiger partial charge < -0.3 is 14.0 Å². The zero-order chi connectivity index (χ0) is 16.8. The number of carbonyl (C=O) groups is 2. The van der Waals surface area contributed by atoms with Crippen LogP contribution in [0.1, 0.15) is 46.0 Å². The molecule has 0 spiro atoms. The van der Waals surface area contributed by atoms with Crippen LogP contribution < -0.4 is 0 Å². The van der Waals surface area contributed by atoms with Crippen molar-refractivity contribution >= 4 is 24.7 Å². The highest BCUT2D eigenvalue weighted by molar-refractivity contribution is 7.75. The molecule has 0 aromatic heterocycles. The van der Waals surface area contributed by atoms with E-state index in [1.165, 1.54) is 0 Å². The van der Waals surface area contributed by atoms with Crippen molar-refractivity contribution in [2.45, 2.75) is 46.0 Å². The Morgan fingerprint density at radius 3 is 1.78 bits per heavy atom. The third-order valence-electron chi connectivity index (χ3n) is 5.22. The summed E-state index contributed by atoms with van der Waals surface area (Å²) in [5.74, 6) is 2.18. The fourth-order valence-electron chi connectivity index (χ4n) is 3.87. The van der Waals surface area contributed by atoms with E-state index < -0.39 is 0 Å². The lowest BCUT2D eigenvalue weighted by Gasteiger charge is -2.40. The van der Waals surface area contributed by atoms with E-state index in [1.54, 1.807) is 0 Å². The number of amides is 2. The third kappa shape index (κ3) is 5.38. The Morgan fingerprint density at radius 2 is 1.39 bits per heavy atom. The van der Waals surface area contributed by atoms with Gasteiger partial charge >= 0.3 is 0 Å². The summed E-state index contributed by atoms with van der Waals surface area (Å²) in [4.78, 5) is 27.9. The molecule has 0 N–H and O–H groups in total. The van der Waals surface area contributed by atoms with E-state index in [0.29, 0.717) is 30.1 Å². The van der Waals surface area contributed by atoms with Crippen molar-refractivity contribution in [1.82, 2.24) is 9.80 Å². The van der Waals surface area contributed by atoms with Crippen molar-refractivity contribution in [3.63, 3.8) is 0 Å². The van der Waals surface area contributed by atoms with E-state index in [1.807, 2.05) is 9.80 Å². The van der Waals surface area contributed by atoms with Crippen molar-refractivity contribution in [3.05, 3.63) is 0 Å². The second-order valence-corrected chi connectivity index (χ2v) is 7.57. The average Bonchev–Trinajstić information content (AvgIpc) is 2.55. The molecule has 0 bridgehead atoms. The van der Waals surface area contributed by atoms with Crippen LogP contribution in [0.5, 0.6) is 0 Å². The molecule has 132 valence electrons. The number of nitrogens with zero attached hydrogens (tertiary/aromatic N) is 2. The molecule has 0 aromatic rings. The number of carbonyl (C=O) groups excluding carboxylic acids is 2. The van der Waals surface area contributed by atoms with Crippen LogP contribution in [0.3, 0.4) is 0 Å². The highest BCUT2D eigenvalue weighted by atomic mass is 32.1. The molecule has 0 saturated carbocycles. The Bertz CT molecular complexity index is 401. The Hall–Kier alpha value is -0.750. The topological polar surface area (TPSA) is 49.9 Å². The van der Waals surface area contributed by atoms with Crippen LogP contribution in [0, 0.1) is 17.8 Å². The van der Waals surface area contributed by atoms with Crippen LogP contribution >= 0.6 is 12.9 Å². The Kier molecular flexibility index (Phi) is 7.21. The first-order valence-corrected chi connectivity index (χ1v) is 9.19. The lowest BCUT2D eigenvalue weighted by Crippen LogP contribution is -2.44. The number of piperidine rings is 2. The fraction of sp³-hybridized carbons (Fsp3) is 0.882. The van der Waals surface area contributed by atoms with E-state index >= 15 is 0 Å². The molecule has 2 saturated heterocycles. The lowest BCUT2D eigenvalue weighted by atomic mass is 9.78. The van der Waals surface area contributed by atoms with Crippen LogP contribution in [0.2, 0.25) is 0 Å². The molecular formula is C17H30N2O3S. The Balaban J connectivity index is 1.72. The number of hydrogen-bond donors (Lipinski definition) is 1. The summed E-state index contributed by atoms with van der Waals surface area (Å²) in [5, 5.41) is 0. The Labute approximate surface area is 145 Å². The van der Waals surface area contributed by atoms with Gasteiger partial charge in [-0.05, 0) is 56.3 Å². The van der Waals surface area contributed by atoms with Gasteiger partial charge in [-0.15, -0.1) is 0 Å². The van der Waals surface area contributed by atoms with Gasteiger partial charge in [-0.1, -0.05) is 13.8 Å². The highest BCUT2D eigenvalue weighted by Gasteiger charge is 2.31. The maximum Gasteiger partial charge on any atom is 0.249 e. The summed E-state index contributed by atoms with van der Waals surface area (Å²) >= 11 is 3.65. The van der Waals surface area contributed by atoms with Crippen LogP contribution in [-0.2, 0) is 13.8 Å². The summed E-state index contributed by atoms with van der Waals surface area (Å²) in [6.45, 7) is 7.72. The molecule has 2 rings (SSSR count). The zero-order valence-electron chi connectivity index (χ0n) is 14.4. The minimum atomic E-state index is 0.0348. The SMILES string of the molecule is CC(C)CC(=O)N1CCC(C2CCN(C(=O)COS)CC2)CC1. The molecule has 0 atom stereocenters. The summed E-state index contributed by atoms with van der Waals surface area (Å²) < 4.78 is 4.63. The molecule has 0 unspecified atom stereocenters. The zero-order valence-corrected chi connectivity index (χ0v) is 15.3. The summed E-state index contributed by atoms with van der Waals surface area (Å²) in [7, 11) is 0. The first kappa shape index (κ1) is 18.6. The van der Waals surface area contributed by atoms with Gasteiger partial charge in [-0.3, -0.25) is 9.59 Å². The van der Waals surface area contributed by atoms with Crippen LogP contribution in [0.15, 0.2) is 0 Å². The van der Waals surface area contributed by atoms with Gasteiger partial charge in [0, 0.05) is 32.6 Å². The molecule has 0 aromatic carbocycles. The highest BCUT2D eigenvalue weighted by Crippen LogP contribution is 2.32. The van der Waals surface area contributed by atoms with Crippen molar-refractivity contribution in [2.75, 3.05) is 32.8 Å². The van der Waals surface area contributed by atoms with Gasteiger partial charge in [-0.2, -0.15) is 0 Å². The van der Waals surface area contributed by atoms with Gasteiger partial charge in [0.05, 0.1) is 0 Å². The first-order valence-electron chi connectivity index (χ1n) is 8.83. The van der Waals surface area contributed by atoms with Crippen molar-refractivity contribution in [3.8, 4) is 0 Å². The smallest absolute Gasteiger partial charge is 0.249 e. The van der Waals surface area contributed by atoms with Gasteiger partial charge in [0.25, 0.3) is 0 Å². The number of likely N-dealkylation sites (tertiary alicyclic amines) is 2. The standard InChI is InChI=1S/C17H30N2O3S/c1-13(2)11-16(20)18-7-3-14(4-8-18)15-5-9-19(10-6-15)17(21)12-22-23/h13-15,23H,3-12H2,1-2H3. The summed E-state index contributed by atoms with van der Waals surface area (Å²) in [5.41, 5.74) is 0. The third-order valence-corrected chi connectivity index (χ3v) is 5.35. The molecule has 6 heteroatoms. The van der Waals surface area contributed by atoms with E-state index in [-0.39, 0.29) is 12.5 Å². The van der Waals surface area contributed by atoms with Crippen molar-refractivity contribution in [1.29, 1.82) is 0 Å². The molecule has 5 nitrogen and oxygen atoms in total. The molecule has 2 fully saturated rings. The molecule has 0 aliphatic carbocycles. The Morgan fingerprint density at radius 1 is 0.957 bits per heavy atom. The molecule has 0 radical (unpaired) electrons. The normalized spacial score (nSPS) is 21.0. The molecule has 2 aliphatic rings. The first-order chi connectivity index (χ1) is 11.0. The minimum absolute atomic E-state index is 0.0348. The molecule has 2 amide bonds. The molecular weight excluding hydrogens is 312 g/mol. The monoisotopic (exact) mass is 342 g/mol. The van der Waals surface area contributed by atoms with Crippen LogP contribution in [0.25, 0.3) is 0 Å². The maximum absolute atomic E-state index is 12.1. The average molecular weight is 343 g/mol. The molecule has 2 heterocycles. The molecule has 2 aliphatic heterocycles. The maximum atomic E-state index is 12.1. The quantitative estimate of drug-likeness (QED) is 0.616. The largest absolute Gasteiger partial charge is 0.343 e.